The van der Waals surface area contributed by atoms with Gasteiger partial charge in [0.1, 0.15) is 0 Å². The van der Waals surface area contributed by atoms with Crippen LogP contribution in [0.1, 0.15) is 64.7 Å². The Bertz CT molecular complexity index is 221. The molecule has 94 valence electrons. The first kappa shape index (κ1) is 13.1. The Kier molecular flexibility index (Phi) is 4.56. The monoisotopic (exact) mass is 334 g/mol. The number of hydrogen-bond donors (Lipinski definition) is 0. The fourth-order valence-electron chi connectivity index (χ4n) is 4.02. The molecule has 3 unspecified atom stereocenters. The summed E-state index contributed by atoms with van der Waals surface area (Å²) < 4.78 is 0.904. The highest BCUT2D eigenvalue weighted by molar-refractivity contribution is 14.1. The van der Waals surface area contributed by atoms with Crippen molar-refractivity contribution in [3.63, 3.8) is 0 Å². The first-order valence-corrected chi connectivity index (χ1v) is 8.19. The molecule has 0 aliphatic heterocycles. The maximum Gasteiger partial charge on any atom is 0.0115 e. The van der Waals surface area contributed by atoms with Crippen molar-refractivity contribution >= 4 is 22.6 Å². The van der Waals surface area contributed by atoms with Gasteiger partial charge in [-0.1, -0.05) is 48.8 Å². The van der Waals surface area contributed by atoms with Crippen molar-refractivity contribution in [3.05, 3.63) is 5.73 Å². The second kappa shape index (κ2) is 5.55. The molecule has 16 heavy (non-hydrogen) atoms. The van der Waals surface area contributed by atoms with Crippen molar-refractivity contribution in [3.8, 4) is 0 Å². The Hall–Kier alpha value is 0.690. The molecule has 0 bridgehead atoms. The minimum Gasteiger partial charge on any atom is -0.675 e. The summed E-state index contributed by atoms with van der Waals surface area (Å²) >= 11 is 2.68. The predicted octanol–water partition coefficient (Wildman–Crippen LogP) is 5.37. The van der Waals surface area contributed by atoms with Crippen LogP contribution in [0.3, 0.4) is 0 Å². The second-order valence-electron chi connectivity index (χ2n) is 6.29. The molecule has 0 aromatic heterocycles. The van der Waals surface area contributed by atoms with Gasteiger partial charge in [-0.15, -0.1) is 6.04 Å². The molecule has 0 radical (unpaired) electrons. The zero-order valence-electron chi connectivity index (χ0n) is 10.5. The molecule has 2 heteroatoms. The Morgan fingerprint density at radius 3 is 2.56 bits per heavy atom. The van der Waals surface area contributed by atoms with Crippen LogP contribution in [0.25, 0.3) is 5.73 Å². The third kappa shape index (κ3) is 3.34. The van der Waals surface area contributed by atoms with Gasteiger partial charge in [0.15, 0.2) is 0 Å². The maximum absolute atomic E-state index is 7.79. The van der Waals surface area contributed by atoms with Crippen molar-refractivity contribution < 1.29 is 0 Å². The van der Waals surface area contributed by atoms with Crippen LogP contribution in [-0.4, -0.2) is 9.97 Å². The predicted molar refractivity (Wildman–Crippen MR) is 79.1 cm³/mol. The molecule has 1 spiro atoms. The van der Waals surface area contributed by atoms with E-state index in [9.17, 15) is 0 Å². The molecule has 2 saturated carbocycles. The fraction of sp³-hybridized carbons (Fsp3) is 1.00. The van der Waals surface area contributed by atoms with E-state index in [1.165, 1.54) is 51.4 Å². The van der Waals surface area contributed by atoms with E-state index in [1.807, 2.05) is 0 Å². The van der Waals surface area contributed by atoms with Crippen LogP contribution in [0.15, 0.2) is 0 Å². The number of alkyl halides is 1. The van der Waals surface area contributed by atoms with Crippen molar-refractivity contribution in [2.45, 2.75) is 74.7 Å². The quantitative estimate of drug-likeness (QED) is 0.479. The average molecular weight is 334 g/mol. The Labute approximate surface area is 114 Å². The van der Waals surface area contributed by atoms with Gasteiger partial charge < -0.3 is 5.73 Å². The third-order valence-corrected chi connectivity index (χ3v) is 5.68. The van der Waals surface area contributed by atoms with Gasteiger partial charge in [0.2, 0.25) is 0 Å². The summed E-state index contributed by atoms with van der Waals surface area (Å²) in [5.41, 5.74) is 8.49. The normalized spacial score (nSPS) is 36.2. The molecule has 0 aromatic carbocycles. The topological polar surface area (TPSA) is 23.8 Å². The van der Waals surface area contributed by atoms with E-state index in [2.05, 4.69) is 29.5 Å². The smallest absolute Gasteiger partial charge is 0.0115 e. The Balaban J connectivity index is 2.01. The van der Waals surface area contributed by atoms with Crippen molar-refractivity contribution in [2.24, 2.45) is 11.3 Å². The minimum atomic E-state index is 0.147. The van der Waals surface area contributed by atoms with Crippen molar-refractivity contribution in [2.75, 3.05) is 0 Å². The summed E-state index contributed by atoms with van der Waals surface area (Å²) in [6.45, 7) is 2.06. The van der Waals surface area contributed by atoms with E-state index in [-0.39, 0.29) is 6.04 Å². The van der Waals surface area contributed by atoms with Gasteiger partial charge in [-0.3, -0.25) is 0 Å². The highest BCUT2D eigenvalue weighted by Gasteiger charge is 2.39. The summed E-state index contributed by atoms with van der Waals surface area (Å²) in [5.74, 6) is 0.852. The zero-order valence-corrected chi connectivity index (χ0v) is 12.6. The van der Waals surface area contributed by atoms with Gasteiger partial charge in [-0.05, 0) is 49.9 Å². The minimum absolute atomic E-state index is 0.147. The van der Waals surface area contributed by atoms with Crippen molar-refractivity contribution in [1.82, 2.24) is 0 Å². The van der Waals surface area contributed by atoms with Gasteiger partial charge in [0.25, 0.3) is 0 Å². The molecule has 1 N–H and O–H groups in total. The van der Waals surface area contributed by atoms with E-state index in [4.69, 9.17) is 5.73 Å². The van der Waals surface area contributed by atoms with Gasteiger partial charge in [0, 0.05) is 3.92 Å². The Morgan fingerprint density at radius 2 is 1.94 bits per heavy atom. The second-order valence-corrected chi connectivity index (χ2v) is 8.05. The lowest BCUT2D eigenvalue weighted by Crippen LogP contribution is -2.22. The van der Waals surface area contributed by atoms with Crippen LogP contribution < -0.4 is 0 Å². The number of hydrogen-bond acceptors (Lipinski definition) is 0. The van der Waals surface area contributed by atoms with Crippen molar-refractivity contribution in [1.29, 1.82) is 0 Å². The SMILES string of the molecule is CC([NH-])CC1CCC(I)CC2(CCCC2)C1. The lowest BCUT2D eigenvalue weighted by molar-refractivity contribution is 0.213. The van der Waals surface area contributed by atoms with Gasteiger partial charge in [-0.25, -0.2) is 0 Å². The van der Waals surface area contributed by atoms with E-state index in [0.717, 1.165) is 16.3 Å². The van der Waals surface area contributed by atoms with E-state index >= 15 is 0 Å². The zero-order chi connectivity index (χ0) is 11.6. The third-order valence-electron chi connectivity index (χ3n) is 4.62. The van der Waals surface area contributed by atoms with Crippen LogP contribution in [0, 0.1) is 11.3 Å². The molecule has 3 atom stereocenters. The van der Waals surface area contributed by atoms with Crippen LogP contribution >= 0.6 is 22.6 Å². The molecule has 0 aromatic rings. The fourth-order valence-corrected chi connectivity index (χ4v) is 5.31. The molecular formula is C14H25IN-. The molecule has 0 heterocycles. The molecular weight excluding hydrogens is 309 g/mol. The molecule has 2 fully saturated rings. The van der Waals surface area contributed by atoms with E-state index in [0.29, 0.717) is 5.41 Å². The molecule has 2 aliphatic rings. The largest absolute Gasteiger partial charge is 0.675 e. The Morgan fingerprint density at radius 1 is 1.25 bits per heavy atom. The summed E-state index contributed by atoms with van der Waals surface area (Å²) in [6.07, 6.45) is 12.7. The summed E-state index contributed by atoms with van der Waals surface area (Å²) in [4.78, 5) is 0. The molecule has 0 amide bonds. The molecule has 1 nitrogen and oxygen atoms in total. The molecule has 2 rings (SSSR count). The highest BCUT2D eigenvalue weighted by atomic mass is 127. The van der Waals surface area contributed by atoms with Crippen LogP contribution in [0.2, 0.25) is 0 Å². The van der Waals surface area contributed by atoms with Gasteiger partial charge in [0.05, 0.1) is 0 Å². The van der Waals surface area contributed by atoms with Gasteiger partial charge >= 0.3 is 0 Å². The van der Waals surface area contributed by atoms with Crippen LogP contribution in [-0.2, 0) is 0 Å². The molecule has 2 aliphatic carbocycles. The maximum atomic E-state index is 7.79. The van der Waals surface area contributed by atoms with Crippen LogP contribution in [0.4, 0.5) is 0 Å². The van der Waals surface area contributed by atoms with Crippen LogP contribution in [0.5, 0.6) is 0 Å². The van der Waals surface area contributed by atoms with E-state index < -0.39 is 0 Å². The first-order valence-electron chi connectivity index (χ1n) is 6.95. The lowest BCUT2D eigenvalue weighted by atomic mass is 9.75. The standard InChI is InChI=1S/C14H25IN/c1-11(16)8-12-4-5-13(15)10-14(9-12)6-2-3-7-14/h11-13,16H,2-10H2,1H3/q-1. The number of rotatable bonds is 2. The van der Waals surface area contributed by atoms with E-state index in [1.54, 1.807) is 0 Å². The molecule has 0 saturated heterocycles. The number of halogens is 1. The van der Waals surface area contributed by atoms with Gasteiger partial charge in [-0.2, -0.15) is 0 Å². The lowest BCUT2D eigenvalue weighted by Gasteiger charge is -2.33. The highest BCUT2D eigenvalue weighted by Crippen LogP contribution is 2.51. The average Bonchev–Trinajstić information content (AvgIpc) is 2.55. The first-order chi connectivity index (χ1) is 7.60. The summed E-state index contributed by atoms with van der Waals surface area (Å²) in [6, 6.07) is 0.147. The summed E-state index contributed by atoms with van der Waals surface area (Å²) in [5, 5.41) is 0. The summed E-state index contributed by atoms with van der Waals surface area (Å²) in [7, 11) is 0. The number of nitrogens with one attached hydrogen (secondary N) is 1.